The minimum absolute atomic E-state index is 0.368. The van der Waals surface area contributed by atoms with E-state index in [1.165, 1.54) is 5.56 Å². The first-order chi connectivity index (χ1) is 6.99. The molecule has 0 aromatic heterocycles. The van der Waals surface area contributed by atoms with Gasteiger partial charge < -0.3 is 0 Å². The summed E-state index contributed by atoms with van der Waals surface area (Å²) in [5.74, 6) is 0.845. The van der Waals surface area contributed by atoms with Crippen LogP contribution in [0, 0.1) is 11.3 Å². The van der Waals surface area contributed by atoms with E-state index in [1.807, 2.05) is 12.1 Å². The van der Waals surface area contributed by atoms with E-state index < -0.39 is 0 Å². The molecule has 0 aliphatic heterocycles. The summed E-state index contributed by atoms with van der Waals surface area (Å²) in [6.45, 7) is 8.56. The molecule has 0 N–H and O–H groups in total. The van der Waals surface area contributed by atoms with Gasteiger partial charge in [-0.25, -0.2) is 0 Å². The number of benzene rings is 1. The predicted molar refractivity (Wildman–Crippen MR) is 67.0 cm³/mol. The Morgan fingerprint density at radius 1 is 1.13 bits per heavy atom. The van der Waals surface area contributed by atoms with E-state index >= 15 is 0 Å². The molecular weight excluding hydrogens is 250 g/mol. The zero-order valence-electron chi connectivity index (χ0n) is 9.63. The molecule has 1 aromatic carbocycles. The van der Waals surface area contributed by atoms with Crippen LogP contribution in [-0.4, -0.2) is 0 Å². The highest BCUT2D eigenvalue weighted by atomic mass is 79.9. The summed E-state index contributed by atoms with van der Waals surface area (Å²) in [6.07, 6.45) is 0. The Morgan fingerprint density at radius 3 is 2.13 bits per heavy atom. The summed E-state index contributed by atoms with van der Waals surface area (Å²) in [6, 6.07) is 6.22. The van der Waals surface area contributed by atoms with Crippen molar-refractivity contribution in [2.45, 2.75) is 39.5 Å². The summed E-state index contributed by atoms with van der Waals surface area (Å²) >= 11 is 3.62. The number of hydrogen-bond donors (Lipinski definition) is 0. The lowest BCUT2D eigenvalue weighted by atomic mass is 9.92. The van der Waals surface area contributed by atoms with Crippen LogP contribution in [0.15, 0.2) is 16.6 Å². The largest absolute Gasteiger partial charge is 0.192 e. The van der Waals surface area contributed by atoms with Gasteiger partial charge in [-0.1, -0.05) is 49.7 Å². The van der Waals surface area contributed by atoms with Crippen LogP contribution < -0.4 is 0 Å². The van der Waals surface area contributed by atoms with Gasteiger partial charge in [0.25, 0.3) is 0 Å². The van der Waals surface area contributed by atoms with Crippen LogP contribution in [-0.2, 0) is 0 Å². The van der Waals surface area contributed by atoms with Crippen molar-refractivity contribution < 1.29 is 0 Å². The molecule has 15 heavy (non-hydrogen) atoms. The Labute approximate surface area is 100 Å². The maximum Gasteiger partial charge on any atom is 0.0995 e. The molecule has 0 aliphatic rings. The molecule has 1 rings (SSSR count). The van der Waals surface area contributed by atoms with Crippen molar-refractivity contribution in [2.24, 2.45) is 0 Å². The molecule has 1 nitrogen and oxygen atoms in total. The molecular formula is C13H16BrN. The molecule has 0 heterocycles. The predicted octanol–water partition coefficient (Wildman–Crippen LogP) is 4.57. The standard InChI is InChI=1S/C13H16BrN/c1-8(2)11-6-5-10(7-15)12(9(3)4)13(11)14/h5-6,8-9H,1-4H3. The van der Waals surface area contributed by atoms with Crippen LogP contribution in [0.4, 0.5) is 0 Å². The first kappa shape index (κ1) is 12.3. The average Bonchev–Trinajstić information content (AvgIpc) is 2.15. The van der Waals surface area contributed by atoms with Gasteiger partial charge in [0.05, 0.1) is 11.6 Å². The summed E-state index contributed by atoms with van der Waals surface area (Å²) in [4.78, 5) is 0. The molecule has 0 radical (unpaired) electrons. The quantitative estimate of drug-likeness (QED) is 0.769. The highest BCUT2D eigenvalue weighted by Gasteiger charge is 2.15. The van der Waals surface area contributed by atoms with Crippen molar-refractivity contribution in [1.82, 2.24) is 0 Å². The van der Waals surface area contributed by atoms with Crippen LogP contribution in [0.5, 0.6) is 0 Å². The van der Waals surface area contributed by atoms with E-state index in [2.05, 4.69) is 49.7 Å². The third kappa shape index (κ3) is 2.41. The molecule has 0 atom stereocenters. The Balaban J connectivity index is 3.44. The van der Waals surface area contributed by atoms with Gasteiger partial charge >= 0.3 is 0 Å². The topological polar surface area (TPSA) is 23.8 Å². The van der Waals surface area contributed by atoms with Gasteiger partial charge in [-0.05, 0) is 29.0 Å². The minimum atomic E-state index is 0.368. The molecule has 0 bridgehead atoms. The summed E-state index contributed by atoms with van der Waals surface area (Å²) in [5.41, 5.74) is 3.18. The monoisotopic (exact) mass is 265 g/mol. The first-order valence-corrected chi connectivity index (χ1v) is 6.00. The zero-order valence-corrected chi connectivity index (χ0v) is 11.2. The number of nitriles is 1. The van der Waals surface area contributed by atoms with Gasteiger partial charge in [0.1, 0.15) is 0 Å². The second-order valence-corrected chi connectivity index (χ2v) is 5.14. The maximum absolute atomic E-state index is 9.05. The van der Waals surface area contributed by atoms with E-state index in [0.29, 0.717) is 11.8 Å². The Hall–Kier alpha value is -0.810. The molecule has 0 aliphatic carbocycles. The molecule has 0 spiro atoms. The smallest absolute Gasteiger partial charge is 0.0995 e. The molecule has 80 valence electrons. The Bertz CT molecular complexity index is 400. The fraction of sp³-hybridized carbons (Fsp3) is 0.462. The second kappa shape index (κ2) is 4.81. The number of nitrogens with zero attached hydrogens (tertiary/aromatic N) is 1. The van der Waals surface area contributed by atoms with E-state index in [9.17, 15) is 0 Å². The van der Waals surface area contributed by atoms with Crippen molar-refractivity contribution in [2.75, 3.05) is 0 Å². The van der Waals surface area contributed by atoms with E-state index in [-0.39, 0.29) is 0 Å². The number of hydrogen-bond acceptors (Lipinski definition) is 1. The zero-order chi connectivity index (χ0) is 11.6. The summed E-state index contributed by atoms with van der Waals surface area (Å²) in [7, 11) is 0. The summed E-state index contributed by atoms with van der Waals surface area (Å²) in [5, 5.41) is 9.05. The van der Waals surface area contributed by atoms with E-state index in [4.69, 9.17) is 5.26 Å². The summed E-state index contributed by atoms with van der Waals surface area (Å²) < 4.78 is 1.10. The van der Waals surface area contributed by atoms with E-state index in [1.54, 1.807) is 0 Å². The highest BCUT2D eigenvalue weighted by Crippen LogP contribution is 2.34. The van der Waals surface area contributed by atoms with Gasteiger partial charge in [0.15, 0.2) is 0 Å². The van der Waals surface area contributed by atoms with Crippen LogP contribution in [0.1, 0.15) is 56.2 Å². The highest BCUT2D eigenvalue weighted by molar-refractivity contribution is 9.10. The van der Waals surface area contributed by atoms with Gasteiger partial charge in [-0.3, -0.25) is 0 Å². The lowest BCUT2D eigenvalue weighted by Crippen LogP contribution is -1.99. The SMILES string of the molecule is CC(C)c1ccc(C#N)c(C(C)C)c1Br. The van der Waals surface area contributed by atoms with Crippen LogP contribution >= 0.6 is 15.9 Å². The molecule has 1 aromatic rings. The number of rotatable bonds is 2. The van der Waals surface area contributed by atoms with Crippen molar-refractivity contribution in [3.05, 3.63) is 33.3 Å². The fourth-order valence-electron chi connectivity index (χ4n) is 1.72. The first-order valence-electron chi connectivity index (χ1n) is 5.21. The maximum atomic E-state index is 9.05. The van der Waals surface area contributed by atoms with Gasteiger partial charge in [-0.15, -0.1) is 0 Å². The van der Waals surface area contributed by atoms with Gasteiger partial charge in [0.2, 0.25) is 0 Å². The van der Waals surface area contributed by atoms with Crippen molar-refractivity contribution in [1.29, 1.82) is 5.26 Å². The molecule has 0 amide bonds. The van der Waals surface area contributed by atoms with E-state index in [0.717, 1.165) is 15.6 Å². The van der Waals surface area contributed by atoms with Crippen molar-refractivity contribution in [3.8, 4) is 6.07 Å². The molecule has 0 unspecified atom stereocenters. The minimum Gasteiger partial charge on any atom is -0.192 e. The lowest BCUT2D eigenvalue weighted by molar-refractivity contribution is 0.821. The fourth-order valence-corrected chi connectivity index (χ4v) is 2.98. The van der Waals surface area contributed by atoms with Crippen molar-refractivity contribution >= 4 is 15.9 Å². The van der Waals surface area contributed by atoms with Crippen molar-refractivity contribution in [3.63, 3.8) is 0 Å². The molecule has 0 fully saturated rings. The number of halogens is 1. The third-order valence-electron chi connectivity index (χ3n) is 2.53. The lowest BCUT2D eigenvalue weighted by Gasteiger charge is -2.16. The van der Waals surface area contributed by atoms with Crippen LogP contribution in [0.2, 0.25) is 0 Å². The Morgan fingerprint density at radius 2 is 1.73 bits per heavy atom. The van der Waals surface area contributed by atoms with Crippen LogP contribution in [0.25, 0.3) is 0 Å². The van der Waals surface area contributed by atoms with Crippen LogP contribution in [0.3, 0.4) is 0 Å². The van der Waals surface area contributed by atoms with Gasteiger partial charge in [-0.2, -0.15) is 5.26 Å². The molecule has 2 heteroatoms. The second-order valence-electron chi connectivity index (χ2n) is 4.35. The Kier molecular flexibility index (Phi) is 3.93. The average molecular weight is 266 g/mol. The molecule has 0 saturated carbocycles. The molecule has 0 saturated heterocycles. The third-order valence-corrected chi connectivity index (χ3v) is 3.41. The normalized spacial score (nSPS) is 10.8. The van der Waals surface area contributed by atoms with Gasteiger partial charge in [0, 0.05) is 4.47 Å².